The molecule has 7 nitrogen and oxygen atoms in total. The quantitative estimate of drug-likeness (QED) is 0.349. The predicted octanol–water partition coefficient (Wildman–Crippen LogP) is 3.90. The van der Waals surface area contributed by atoms with Crippen molar-refractivity contribution < 1.29 is 9.72 Å². The lowest BCUT2D eigenvalue weighted by Crippen LogP contribution is -2.31. The van der Waals surface area contributed by atoms with Crippen LogP contribution >= 0.6 is 0 Å². The Labute approximate surface area is 169 Å². The molecule has 29 heavy (non-hydrogen) atoms. The molecule has 0 bridgehead atoms. The Morgan fingerprint density at radius 3 is 2.59 bits per heavy atom. The minimum atomic E-state index is -0.570. The number of amides is 1. The predicted molar refractivity (Wildman–Crippen MR) is 110 cm³/mol. The second-order valence-corrected chi connectivity index (χ2v) is 7.09. The third-order valence-corrected chi connectivity index (χ3v) is 5.01. The number of piperidine rings is 1. The van der Waals surface area contributed by atoms with Gasteiger partial charge in [-0.25, -0.2) is 0 Å². The number of carbonyl (C=O) groups excluding carboxylic acids is 1. The lowest BCUT2D eigenvalue weighted by Gasteiger charge is -2.31. The Balaban J connectivity index is 1.57. The first-order valence-electron chi connectivity index (χ1n) is 9.51. The van der Waals surface area contributed by atoms with E-state index >= 15 is 0 Å². The normalized spacial score (nSPS) is 14.9. The molecule has 0 unspecified atom stereocenters. The average molecular weight is 390 g/mol. The molecule has 7 heteroatoms. The monoisotopic (exact) mass is 390 g/mol. The molecule has 1 heterocycles. The first-order valence-corrected chi connectivity index (χ1v) is 9.51. The Morgan fingerprint density at radius 2 is 1.93 bits per heavy atom. The molecule has 1 saturated heterocycles. The van der Waals surface area contributed by atoms with E-state index in [2.05, 4.69) is 17.4 Å². The van der Waals surface area contributed by atoms with Crippen molar-refractivity contribution in [1.29, 1.82) is 5.26 Å². The summed E-state index contributed by atoms with van der Waals surface area (Å²) in [6.07, 6.45) is 4.62. The highest BCUT2D eigenvalue weighted by molar-refractivity contribution is 6.06. The maximum atomic E-state index is 12.4. The van der Waals surface area contributed by atoms with E-state index in [1.54, 1.807) is 12.3 Å². The molecule has 0 saturated carbocycles. The van der Waals surface area contributed by atoms with Gasteiger partial charge in [-0.1, -0.05) is 36.4 Å². The fourth-order valence-corrected chi connectivity index (χ4v) is 3.45. The Bertz CT molecular complexity index is 942. The largest absolute Gasteiger partial charge is 0.376 e. The number of non-ortho nitro benzene ring substituents is 1. The molecule has 1 fully saturated rings. The van der Waals surface area contributed by atoms with E-state index in [1.807, 2.05) is 29.2 Å². The van der Waals surface area contributed by atoms with Gasteiger partial charge in [-0.3, -0.25) is 14.9 Å². The van der Waals surface area contributed by atoms with Crippen LogP contribution < -0.4 is 5.32 Å². The zero-order chi connectivity index (χ0) is 20.6. The summed E-state index contributed by atoms with van der Waals surface area (Å²) in [6, 6.07) is 18.0. The summed E-state index contributed by atoms with van der Waals surface area (Å²) >= 11 is 0. The smallest absolute Gasteiger partial charge is 0.271 e. The first kappa shape index (κ1) is 20.1. The molecule has 1 aliphatic heterocycles. The van der Waals surface area contributed by atoms with Crippen LogP contribution in [0.25, 0.3) is 0 Å². The van der Waals surface area contributed by atoms with Crippen molar-refractivity contribution in [2.24, 2.45) is 5.92 Å². The maximum absolute atomic E-state index is 12.4. The molecule has 0 atom stereocenters. The summed E-state index contributed by atoms with van der Waals surface area (Å²) in [5.41, 5.74) is 1.48. The van der Waals surface area contributed by atoms with E-state index in [1.165, 1.54) is 23.8 Å². The Hall–Kier alpha value is -3.66. The third kappa shape index (κ3) is 5.66. The molecular formula is C22H22N4O3. The minimum absolute atomic E-state index is 0.0157. The second kappa shape index (κ2) is 9.51. The minimum Gasteiger partial charge on any atom is -0.376 e. The van der Waals surface area contributed by atoms with Crippen LogP contribution in [0.5, 0.6) is 0 Å². The van der Waals surface area contributed by atoms with Crippen molar-refractivity contribution >= 4 is 17.3 Å². The number of rotatable bonds is 6. The van der Waals surface area contributed by atoms with Crippen molar-refractivity contribution in [3.8, 4) is 6.07 Å². The van der Waals surface area contributed by atoms with E-state index in [4.69, 9.17) is 0 Å². The number of benzene rings is 2. The molecule has 1 N–H and O–H groups in total. The summed E-state index contributed by atoms with van der Waals surface area (Å²) < 4.78 is 0. The number of hydrogen-bond donors (Lipinski definition) is 1. The average Bonchev–Trinajstić information content (AvgIpc) is 2.74. The fourth-order valence-electron chi connectivity index (χ4n) is 3.45. The number of nitrogens with zero attached hydrogens (tertiary/aromatic N) is 3. The third-order valence-electron chi connectivity index (χ3n) is 5.01. The van der Waals surface area contributed by atoms with Gasteiger partial charge in [0.25, 0.3) is 11.6 Å². The van der Waals surface area contributed by atoms with Crippen LogP contribution in [0.3, 0.4) is 0 Å². The SMILES string of the molecule is N#C/C(=C/N1CCC(Cc2ccccc2)CC1)C(=O)Nc1cccc([N+](=O)[O-])c1. The van der Waals surface area contributed by atoms with Crippen molar-refractivity contribution in [1.82, 2.24) is 4.90 Å². The molecule has 1 amide bonds. The highest BCUT2D eigenvalue weighted by Gasteiger charge is 2.20. The molecule has 2 aromatic carbocycles. The summed E-state index contributed by atoms with van der Waals surface area (Å²) in [5, 5.41) is 22.8. The molecule has 0 spiro atoms. The van der Waals surface area contributed by atoms with Crippen molar-refractivity contribution in [2.45, 2.75) is 19.3 Å². The van der Waals surface area contributed by atoms with Crippen LogP contribution in [0, 0.1) is 27.4 Å². The van der Waals surface area contributed by atoms with E-state index in [0.29, 0.717) is 5.92 Å². The van der Waals surface area contributed by atoms with Gasteiger partial charge in [-0.15, -0.1) is 0 Å². The lowest BCUT2D eigenvalue weighted by molar-refractivity contribution is -0.384. The van der Waals surface area contributed by atoms with Gasteiger partial charge >= 0.3 is 0 Å². The van der Waals surface area contributed by atoms with E-state index in [0.717, 1.165) is 32.4 Å². The van der Waals surface area contributed by atoms with Gasteiger partial charge < -0.3 is 10.2 Å². The molecule has 148 valence electrons. The molecular weight excluding hydrogens is 368 g/mol. The number of anilines is 1. The number of nitro benzene ring substituents is 1. The van der Waals surface area contributed by atoms with Crippen molar-refractivity contribution in [3.63, 3.8) is 0 Å². The van der Waals surface area contributed by atoms with Gasteiger partial charge in [0.1, 0.15) is 11.6 Å². The lowest BCUT2D eigenvalue weighted by atomic mass is 9.90. The van der Waals surface area contributed by atoms with E-state index in [9.17, 15) is 20.2 Å². The number of carbonyl (C=O) groups is 1. The van der Waals surface area contributed by atoms with Crippen molar-refractivity contribution in [2.75, 3.05) is 18.4 Å². The van der Waals surface area contributed by atoms with Crippen molar-refractivity contribution in [3.05, 3.63) is 82.0 Å². The van der Waals surface area contributed by atoms with Gasteiger partial charge in [-0.2, -0.15) is 5.26 Å². The van der Waals surface area contributed by atoms with Crippen LogP contribution in [0.4, 0.5) is 11.4 Å². The zero-order valence-corrected chi connectivity index (χ0v) is 16.0. The number of nitriles is 1. The fraction of sp³-hybridized carbons (Fsp3) is 0.273. The van der Waals surface area contributed by atoms with Crippen LogP contribution in [0.15, 0.2) is 66.4 Å². The number of likely N-dealkylation sites (tertiary alicyclic amines) is 1. The topological polar surface area (TPSA) is 99.3 Å². The number of hydrogen-bond acceptors (Lipinski definition) is 5. The molecule has 0 radical (unpaired) electrons. The van der Waals surface area contributed by atoms with Gasteiger partial charge in [0.2, 0.25) is 0 Å². The standard InChI is InChI=1S/C22H22N4O3/c23-15-19(22(27)24-20-7-4-8-21(14-20)26(28)29)16-25-11-9-18(10-12-25)13-17-5-2-1-3-6-17/h1-8,14,16,18H,9-13H2,(H,24,27)/b19-16-. The van der Waals surface area contributed by atoms with Crippen LogP contribution in [-0.2, 0) is 11.2 Å². The molecule has 2 aromatic rings. The zero-order valence-electron chi connectivity index (χ0n) is 16.0. The van der Waals surface area contributed by atoms with Crippen LogP contribution in [0.2, 0.25) is 0 Å². The Kier molecular flexibility index (Phi) is 6.59. The van der Waals surface area contributed by atoms with Crippen LogP contribution in [-0.4, -0.2) is 28.8 Å². The highest BCUT2D eigenvalue weighted by Crippen LogP contribution is 2.23. The number of nitro groups is 1. The summed E-state index contributed by atoms with van der Waals surface area (Å²) in [4.78, 5) is 24.7. The molecule has 3 rings (SSSR count). The highest BCUT2D eigenvalue weighted by atomic mass is 16.6. The number of nitrogens with one attached hydrogen (secondary N) is 1. The summed E-state index contributed by atoms with van der Waals surface area (Å²) in [7, 11) is 0. The molecule has 1 aliphatic rings. The second-order valence-electron chi connectivity index (χ2n) is 7.09. The van der Waals surface area contributed by atoms with E-state index < -0.39 is 10.8 Å². The van der Waals surface area contributed by atoms with Gasteiger partial charge in [0.15, 0.2) is 0 Å². The summed E-state index contributed by atoms with van der Waals surface area (Å²) in [5.74, 6) is 0.0192. The molecule has 0 aliphatic carbocycles. The van der Waals surface area contributed by atoms with Gasteiger partial charge in [-0.05, 0) is 36.8 Å². The van der Waals surface area contributed by atoms with Gasteiger partial charge in [0, 0.05) is 37.1 Å². The van der Waals surface area contributed by atoms with E-state index in [-0.39, 0.29) is 16.9 Å². The molecule has 0 aromatic heterocycles. The van der Waals surface area contributed by atoms with Gasteiger partial charge in [0.05, 0.1) is 4.92 Å². The first-order chi connectivity index (χ1) is 14.0. The Morgan fingerprint density at radius 1 is 1.21 bits per heavy atom. The summed E-state index contributed by atoms with van der Waals surface area (Å²) in [6.45, 7) is 1.57. The maximum Gasteiger partial charge on any atom is 0.271 e. The van der Waals surface area contributed by atoms with Crippen LogP contribution in [0.1, 0.15) is 18.4 Å².